The van der Waals surface area contributed by atoms with Gasteiger partial charge in [0.15, 0.2) is 11.5 Å². The van der Waals surface area contributed by atoms with Crippen molar-refractivity contribution in [3.63, 3.8) is 0 Å². The maximum Gasteiger partial charge on any atom is 0.265 e. The first-order chi connectivity index (χ1) is 9.95. The lowest BCUT2D eigenvalue weighted by atomic mass is 10.3. The van der Waals surface area contributed by atoms with Crippen molar-refractivity contribution in [2.75, 3.05) is 17.9 Å². The Labute approximate surface area is 122 Å². The average Bonchev–Trinajstić information content (AvgIpc) is 2.78. The number of aromatic nitrogens is 2. The van der Waals surface area contributed by atoms with Gasteiger partial charge in [-0.2, -0.15) is 5.10 Å². The number of rotatable bonds is 3. The molecule has 2 aromatic rings. The molecule has 1 aromatic heterocycles. The number of nitrogens with one attached hydrogen (secondary N) is 1. The van der Waals surface area contributed by atoms with Gasteiger partial charge in [0, 0.05) is 19.3 Å². The Morgan fingerprint density at radius 1 is 1.24 bits per heavy atom. The van der Waals surface area contributed by atoms with Crippen molar-refractivity contribution in [3.8, 4) is 11.5 Å². The number of sulfonamides is 1. The Balaban J connectivity index is 1.90. The minimum atomic E-state index is -3.68. The van der Waals surface area contributed by atoms with E-state index in [4.69, 9.17) is 9.47 Å². The summed E-state index contributed by atoms with van der Waals surface area (Å²) in [6.45, 7) is 2.59. The van der Waals surface area contributed by atoms with Gasteiger partial charge >= 0.3 is 0 Å². The van der Waals surface area contributed by atoms with Crippen LogP contribution in [0.2, 0.25) is 0 Å². The maximum atomic E-state index is 12.4. The van der Waals surface area contributed by atoms with Crippen LogP contribution in [0.5, 0.6) is 11.5 Å². The number of aryl methyl sites for hydroxylation is 2. The summed E-state index contributed by atoms with van der Waals surface area (Å²) in [7, 11) is -2.00. The average molecular weight is 309 g/mol. The Morgan fingerprint density at radius 3 is 2.62 bits per heavy atom. The second-order valence-corrected chi connectivity index (χ2v) is 6.37. The highest BCUT2D eigenvalue weighted by Crippen LogP contribution is 2.33. The van der Waals surface area contributed by atoms with E-state index in [1.807, 2.05) is 0 Å². The molecule has 0 aliphatic carbocycles. The van der Waals surface area contributed by atoms with Crippen molar-refractivity contribution >= 4 is 15.7 Å². The van der Waals surface area contributed by atoms with Gasteiger partial charge in [0.1, 0.15) is 18.1 Å². The van der Waals surface area contributed by atoms with Crippen molar-refractivity contribution in [2.24, 2.45) is 7.05 Å². The number of ether oxygens (including phenoxy) is 2. The standard InChI is InChI=1S/C13H15N3O4S/c1-9-13(8-16(2)14-9)21(17,18)15-10-3-4-11-12(7-10)20-6-5-19-11/h3-4,7-8,15H,5-6H2,1-2H3. The topological polar surface area (TPSA) is 82.5 Å². The van der Waals surface area contributed by atoms with Crippen LogP contribution < -0.4 is 14.2 Å². The molecule has 2 heterocycles. The smallest absolute Gasteiger partial charge is 0.265 e. The lowest BCUT2D eigenvalue weighted by molar-refractivity contribution is 0.171. The van der Waals surface area contributed by atoms with Crippen molar-refractivity contribution in [3.05, 3.63) is 30.1 Å². The van der Waals surface area contributed by atoms with Crippen molar-refractivity contribution in [1.82, 2.24) is 9.78 Å². The molecule has 21 heavy (non-hydrogen) atoms. The van der Waals surface area contributed by atoms with Crippen LogP contribution in [0.15, 0.2) is 29.3 Å². The van der Waals surface area contributed by atoms with Crippen LogP contribution in [0.3, 0.4) is 0 Å². The molecule has 0 atom stereocenters. The molecule has 0 amide bonds. The summed E-state index contributed by atoms with van der Waals surface area (Å²) in [5.74, 6) is 1.14. The molecule has 7 nitrogen and oxygen atoms in total. The summed E-state index contributed by atoms with van der Waals surface area (Å²) in [6, 6.07) is 4.93. The Hall–Kier alpha value is -2.22. The van der Waals surface area contributed by atoms with E-state index >= 15 is 0 Å². The van der Waals surface area contributed by atoms with Crippen molar-refractivity contribution < 1.29 is 17.9 Å². The van der Waals surface area contributed by atoms with Gasteiger partial charge in [0.25, 0.3) is 10.0 Å². The molecular formula is C13H15N3O4S. The van der Waals surface area contributed by atoms with E-state index in [9.17, 15) is 8.42 Å². The summed E-state index contributed by atoms with van der Waals surface area (Å²) >= 11 is 0. The highest BCUT2D eigenvalue weighted by atomic mass is 32.2. The fraction of sp³-hybridized carbons (Fsp3) is 0.308. The summed E-state index contributed by atoms with van der Waals surface area (Å²) in [5, 5.41) is 4.04. The molecule has 0 fully saturated rings. The van der Waals surface area contributed by atoms with Gasteiger partial charge in [-0.15, -0.1) is 0 Å². The third-order valence-electron chi connectivity index (χ3n) is 3.05. The summed E-state index contributed by atoms with van der Waals surface area (Å²) in [5.41, 5.74) is 0.866. The molecule has 0 spiro atoms. The molecule has 0 saturated carbocycles. The molecule has 112 valence electrons. The van der Waals surface area contributed by atoms with Gasteiger partial charge in [-0.25, -0.2) is 8.42 Å². The minimum Gasteiger partial charge on any atom is -0.486 e. The molecule has 1 N–H and O–H groups in total. The quantitative estimate of drug-likeness (QED) is 0.924. The number of hydrogen-bond donors (Lipinski definition) is 1. The molecule has 1 aromatic carbocycles. The summed E-state index contributed by atoms with van der Waals surface area (Å²) < 4.78 is 39.6. The first-order valence-corrected chi connectivity index (χ1v) is 7.87. The Bertz CT molecular complexity index is 783. The van der Waals surface area contributed by atoms with E-state index in [0.29, 0.717) is 36.1 Å². The van der Waals surface area contributed by atoms with Crippen molar-refractivity contribution in [2.45, 2.75) is 11.8 Å². The van der Waals surface area contributed by atoms with E-state index < -0.39 is 10.0 Å². The molecule has 1 aliphatic heterocycles. The zero-order valence-corrected chi connectivity index (χ0v) is 12.5. The van der Waals surface area contributed by atoms with Crippen LogP contribution in [-0.2, 0) is 17.1 Å². The van der Waals surface area contributed by atoms with Gasteiger partial charge < -0.3 is 9.47 Å². The van der Waals surface area contributed by atoms with Crippen LogP contribution in [0.4, 0.5) is 5.69 Å². The lowest BCUT2D eigenvalue weighted by Gasteiger charge is -2.19. The Morgan fingerprint density at radius 2 is 1.95 bits per heavy atom. The van der Waals surface area contributed by atoms with Crippen LogP contribution in [-0.4, -0.2) is 31.4 Å². The van der Waals surface area contributed by atoms with Gasteiger partial charge in [0.2, 0.25) is 0 Å². The summed E-state index contributed by atoms with van der Waals surface area (Å²) in [6.07, 6.45) is 1.47. The monoisotopic (exact) mass is 309 g/mol. The molecule has 0 radical (unpaired) electrons. The van der Waals surface area contributed by atoms with Crippen LogP contribution in [0.25, 0.3) is 0 Å². The van der Waals surface area contributed by atoms with E-state index in [0.717, 1.165) is 0 Å². The predicted octanol–water partition coefficient (Wildman–Crippen LogP) is 1.30. The third-order valence-corrected chi connectivity index (χ3v) is 4.54. The molecule has 1 aliphatic rings. The summed E-state index contributed by atoms with van der Waals surface area (Å²) in [4.78, 5) is 0.153. The highest BCUT2D eigenvalue weighted by molar-refractivity contribution is 7.92. The third kappa shape index (κ3) is 2.66. The van der Waals surface area contributed by atoms with Crippen molar-refractivity contribution in [1.29, 1.82) is 0 Å². The highest BCUT2D eigenvalue weighted by Gasteiger charge is 2.21. The van der Waals surface area contributed by atoms with Gasteiger partial charge in [-0.3, -0.25) is 9.40 Å². The van der Waals surface area contributed by atoms with Crippen LogP contribution in [0, 0.1) is 6.92 Å². The van der Waals surface area contributed by atoms with Crippen LogP contribution in [0.1, 0.15) is 5.69 Å². The number of fused-ring (bicyclic) bond motifs is 1. The molecule has 8 heteroatoms. The zero-order chi connectivity index (χ0) is 15.0. The fourth-order valence-corrected chi connectivity index (χ4v) is 3.43. The number of nitrogens with zero attached hydrogens (tertiary/aromatic N) is 2. The zero-order valence-electron chi connectivity index (χ0n) is 11.7. The second kappa shape index (κ2) is 4.96. The normalized spacial score (nSPS) is 14.0. The largest absolute Gasteiger partial charge is 0.486 e. The van der Waals surface area contributed by atoms with Gasteiger partial charge in [-0.1, -0.05) is 0 Å². The molecule has 0 bridgehead atoms. The van der Waals surface area contributed by atoms with Crippen LogP contribution >= 0.6 is 0 Å². The molecule has 3 rings (SSSR count). The number of hydrogen-bond acceptors (Lipinski definition) is 5. The molecule has 0 saturated heterocycles. The predicted molar refractivity (Wildman–Crippen MR) is 76.2 cm³/mol. The first kappa shape index (κ1) is 13.7. The lowest BCUT2D eigenvalue weighted by Crippen LogP contribution is -2.17. The minimum absolute atomic E-state index is 0.153. The Kier molecular flexibility index (Phi) is 3.25. The van der Waals surface area contributed by atoms with E-state index in [1.54, 1.807) is 32.2 Å². The number of benzene rings is 1. The molecule has 0 unspecified atom stereocenters. The molecular weight excluding hydrogens is 294 g/mol. The van der Waals surface area contributed by atoms with E-state index in [2.05, 4.69) is 9.82 Å². The second-order valence-electron chi connectivity index (χ2n) is 4.72. The van der Waals surface area contributed by atoms with E-state index in [-0.39, 0.29) is 4.90 Å². The van der Waals surface area contributed by atoms with E-state index in [1.165, 1.54) is 10.9 Å². The van der Waals surface area contributed by atoms with Gasteiger partial charge in [0.05, 0.1) is 11.4 Å². The van der Waals surface area contributed by atoms with Gasteiger partial charge in [-0.05, 0) is 19.1 Å². The first-order valence-electron chi connectivity index (χ1n) is 6.38. The maximum absolute atomic E-state index is 12.4. The number of anilines is 1. The SMILES string of the molecule is Cc1nn(C)cc1S(=O)(=O)Nc1ccc2c(c1)OCCO2. The fourth-order valence-electron chi connectivity index (χ4n) is 2.16.